The molecule has 38 heavy (non-hydrogen) atoms. The zero-order valence-electron chi connectivity index (χ0n) is 21.2. The summed E-state index contributed by atoms with van der Waals surface area (Å²) < 4.78 is 4.43. The van der Waals surface area contributed by atoms with Crippen LogP contribution in [0.2, 0.25) is 10.0 Å². The van der Waals surface area contributed by atoms with E-state index in [4.69, 9.17) is 40.4 Å². The molecule has 0 bridgehead atoms. The monoisotopic (exact) mass is 571 g/mol. The summed E-state index contributed by atoms with van der Waals surface area (Å²) in [4.78, 5) is 34.9. The fourth-order valence-electron chi connectivity index (χ4n) is 4.67. The van der Waals surface area contributed by atoms with E-state index in [0.29, 0.717) is 65.0 Å². The summed E-state index contributed by atoms with van der Waals surface area (Å²) in [7, 11) is 3.12. The number of nitrogens with zero attached hydrogens (tertiary/aromatic N) is 6. The van der Waals surface area contributed by atoms with Gasteiger partial charge in [-0.1, -0.05) is 35.3 Å². The topological polar surface area (TPSA) is 80.3 Å². The molecule has 0 amide bonds. The predicted molar refractivity (Wildman–Crippen MR) is 157 cm³/mol. The lowest BCUT2D eigenvalue weighted by Gasteiger charge is -2.37. The molecule has 1 aliphatic rings. The van der Waals surface area contributed by atoms with Gasteiger partial charge in [0.2, 0.25) is 5.95 Å². The first-order valence-electron chi connectivity index (χ1n) is 12.1. The van der Waals surface area contributed by atoms with Gasteiger partial charge in [0.25, 0.3) is 5.56 Å². The van der Waals surface area contributed by atoms with Crippen molar-refractivity contribution in [3.8, 4) is 0 Å². The third-order valence-corrected chi connectivity index (χ3v) is 7.71. The number of nitrogens with one attached hydrogen (secondary N) is 1. The largest absolute Gasteiger partial charge is 0.345 e. The molecule has 0 radical (unpaired) electrons. The molecule has 198 valence electrons. The molecule has 0 saturated carbocycles. The first-order valence-corrected chi connectivity index (χ1v) is 13.3. The van der Waals surface area contributed by atoms with Crippen LogP contribution < -0.4 is 21.5 Å². The van der Waals surface area contributed by atoms with E-state index < -0.39 is 5.69 Å². The summed E-state index contributed by atoms with van der Waals surface area (Å²) in [5.41, 5.74) is 2.86. The van der Waals surface area contributed by atoms with Crippen molar-refractivity contribution in [1.82, 2.24) is 23.6 Å². The zero-order valence-corrected chi connectivity index (χ0v) is 23.6. The molecular weight excluding hydrogens is 545 g/mol. The Labute approximate surface area is 234 Å². The van der Waals surface area contributed by atoms with Crippen LogP contribution in [0.15, 0.2) is 52.1 Å². The zero-order chi connectivity index (χ0) is 27.1. The number of benzene rings is 2. The molecule has 2 aromatic carbocycles. The van der Waals surface area contributed by atoms with Crippen LogP contribution in [0.3, 0.4) is 0 Å². The number of halogens is 2. The Bertz CT molecular complexity index is 1650. The maximum atomic E-state index is 13.2. The highest BCUT2D eigenvalue weighted by atomic mass is 35.5. The smallest absolute Gasteiger partial charge is 0.332 e. The maximum Gasteiger partial charge on any atom is 0.332 e. The number of aromatic nitrogens is 4. The summed E-state index contributed by atoms with van der Waals surface area (Å²) in [5, 5.41) is 5.28. The molecule has 1 saturated heterocycles. The van der Waals surface area contributed by atoms with E-state index in [1.807, 2.05) is 54.0 Å². The second-order valence-electron chi connectivity index (χ2n) is 9.37. The normalized spacial score (nSPS) is 13.8. The first-order chi connectivity index (χ1) is 18.1. The van der Waals surface area contributed by atoms with Gasteiger partial charge in [-0.2, -0.15) is 4.98 Å². The number of fused-ring (bicyclic) bond motifs is 1. The lowest BCUT2D eigenvalue weighted by atomic mass is 10.2. The molecule has 0 unspecified atom stereocenters. The summed E-state index contributed by atoms with van der Waals surface area (Å²) in [5.74, 6) is 0.639. The number of rotatable bonds is 4. The standard InChI is InChI=1S/C26H27Cl2N7O2S/c1-16-14-19(28)8-9-20(16)29-25(38)34-12-10-33(11-13-34)24-30-22-21(23(36)32(3)26(37)31(22)2)35(24)15-17-4-6-18(27)7-5-17/h4-9,14H,10-13,15H2,1-3H3,(H,29,38). The molecule has 0 aliphatic carbocycles. The molecule has 1 aliphatic heterocycles. The van der Waals surface area contributed by atoms with E-state index in [1.54, 1.807) is 7.05 Å². The Morgan fingerprint density at radius 1 is 0.974 bits per heavy atom. The van der Waals surface area contributed by atoms with Gasteiger partial charge < -0.3 is 15.1 Å². The van der Waals surface area contributed by atoms with Crippen molar-refractivity contribution in [2.45, 2.75) is 13.5 Å². The number of anilines is 2. The molecule has 1 N–H and O–H groups in total. The Hall–Kier alpha value is -3.34. The van der Waals surface area contributed by atoms with Crippen LogP contribution in [0.4, 0.5) is 11.6 Å². The lowest BCUT2D eigenvalue weighted by molar-refractivity contribution is 0.386. The third kappa shape index (κ3) is 4.91. The molecule has 0 atom stereocenters. The maximum absolute atomic E-state index is 13.2. The predicted octanol–water partition coefficient (Wildman–Crippen LogP) is 3.62. The summed E-state index contributed by atoms with van der Waals surface area (Å²) in [6, 6.07) is 13.1. The van der Waals surface area contributed by atoms with Crippen LogP contribution in [0, 0.1) is 6.92 Å². The molecular formula is C26H27Cl2N7O2S. The van der Waals surface area contributed by atoms with Crippen LogP contribution in [-0.4, -0.2) is 54.9 Å². The molecule has 9 nitrogen and oxygen atoms in total. The Kier molecular flexibility index (Phi) is 7.21. The average molecular weight is 573 g/mol. The highest BCUT2D eigenvalue weighted by molar-refractivity contribution is 7.80. The van der Waals surface area contributed by atoms with Crippen molar-refractivity contribution in [3.05, 3.63) is 84.5 Å². The van der Waals surface area contributed by atoms with Gasteiger partial charge in [-0.25, -0.2) is 4.79 Å². The van der Waals surface area contributed by atoms with Gasteiger partial charge in [0.15, 0.2) is 16.3 Å². The van der Waals surface area contributed by atoms with Crippen LogP contribution in [0.25, 0.3) is 11.2 Å². The van der Waals surface area contributed by atoms with Gasteiger partial charge >= 0.3 is 5.69 Å². The van der Waals surface area contributed by atoms with Gasteiger partial charge in [-0.15, -0.1) is 0 Å². The summed E-state index contributed by atoms with van der Waals surface area (Å²) in [6.45, 7) is 5.00. The number of hydrogen-bond donors (Lipinski definition) is 1. The molecule has 4 aromatic rings. The van der Waals surface area contributed by atoms with Crippen LogP contribution >= 0.6 is 35.4 Å². The molecule has 5 rings (SSSR count). The second-order valence-corrected chi connectivity index (χ2v) is 10.6. The van der Waals surface area contributed by atoms with E-state index in [1.165, 1.54) is 11.6 Å². The van der Waals surface area contributed by atoms with Crippen molar-refractivity contribution in [2.75, 3.05) is 36.4 Å². The molecule has 12 heteroatoms. The van der Waals surface area contributed by atoms with Crippen molar-refractivity contribution < 1.29 is 0 Å². The van der Waals surface area contributed by atoms with E-state index in [0.717, 1.165) is 21.4 Å². The fraction of sp³-hybridized carbons (Fsp3) is 0.308. The highest BCUT2D eigenvalue weighted by Gasteiger charge is 2.26. The minimum atomic E-state index is -0.413. The minimum absolute atomic E-state index is 0.361. The minimum Gasteiger partial charge on any atom is -0.345 e. The third-order valence-electron chi connectivity index (χ3n) is 6.86. The summed E-state index contributed by atoms with van der Waals surface area (Å²) >= 11 is 17.9. The van der Waals surface area contributed by atoms with E-state index in [-0.39, 0.29) is 5.56 Å². The number of aryl methyl sites for hydroxylation is 2. The molecule has 2 aromatic heterocycles. The van der Waals surface area contributed by atoms with Crippen molar-refractivity contribution >= 4 is 63.3 Å². The molecule has 0 spiro atoms. The van der Waals surface area contributed by atoms with Crippen molar-refractivity contribution in [3.63, 3.8) is 0 Å². The van der Waals surface area contributed by atoms with Crippen LogP contribution in [-0.2, 0) is 20.6 Å². The van der Waals surface area contributed by atoms with Crippen LogP contribution in [0.1, 0.15) is 11.1 Å². The fourth-order valence-corrected chi connectivity index (χ4v) is 5.31. The average Bonchev–Trinajstić information content (AvgIpc) is 3.28. The van der Waals surface area contributed by atoms with Gasteiger partial charge in [0.1, 0.15) is 0 Å². The highest BCUT2D eigenvalue weighted by Crippen LogP contribution is 2.24. The van der Waals surface area contributed by atoms with Crippen molar-refractivity contribution in [2.24, 2.45) is 14.1 Å². The van der Waals surface area contributed by atoms with Gasteiger partial charge in [0, 0.05) is 56.0 Å². The first kappa shape index (κ1) is 26.3. The number of thiocarbonyl (C=S) groups is 1. The lowest BCUT2D eigenvalue weighted by Crippen LogP contribution is -2.50. The number of hydrogen-bond acceptors (Lipinski definition) is 5. The Balaban J connectivity index is 1.44. The summed E-state index contributed by atoms with van der Waals surface area (Å²) in [6.07, 6.45) is 0. The number of imidazole rings is 1. The number of piperazine rings is 1. The van der Waals surface area contributed by atoms with E-state index in [9.17, 15) is 9.59 Å². The second kappa shape index (κ2) is 10.4. The van der Waals surface area contributed by atoms with Gasteiger partial charge in [0.05, 0.1) is 6.54 Å². The Morgan fingerprint density at radius 3 is 2.29 bits per heavy atom. The Morgan fingerprint density at radius 2 is 1.63 bits per heavy atom. The molecule has 1 fully saturated rings. The van der Waals surface area contributed by atoms with Crippen molar-refractivity contribution in [1.29, 1.82) is 0 Å². The quantitative estimate of drug-likeness (QED) is 0.375. The van der Waals surface area contributed by atoms with E-state index in [2.05, 4.69) is 15.1 Å². The van der Waals surface area contributed by atoms with Gasteiger partial charge in [-0.3, -0.25) is 18.5 Å². The molecule has 3 heterocycles. The van der Waals surface area contributed by atoms with Crippen LogP contribution in [0.5, 0.6) is 0 Å². The van der Waals surface area contributed by atoms with E-state index >= 15 is 0 Å². The van der Waals surface area contributed by atoms with Gasteiger partial charge in [-0.05, 0) is 60.6 Å². The SMILES string of the molecule is Cc1cc(Cl)ccc1NC(=S)N1CCN(c2nc3c(c(=O)n(C)c(=O)n3C)n2Cc2ccc(Cl)cc2)CC1.